The van der Waals surface area contributed by atoms with E-state index < -0.39 is 0 Å². The molecular formula is C12H19N3O. The minimum Gasteiger partial charge on any atom is -0.338 e. The van der Waals surface area contributed by atoms with Gasteiger partial charge in [0.1, 0.15) is 11.6 Å². The monoisotopic (exact) mass is 221 g/mol. The van der Waals surface area contributed by atoms with Crippen LogP contribution in [0.3, 0.4) is 0 Å². The van der Waals surface area contributed by atoms with E-state index in [9.17, 15) is 4.79 Å². The minimum atomic E-state index is 0.308. The Morgan fingerprint density at radius 2 is 2.56 bits per heavy atom. The molecule has 1 saturated heterocycles. The molecule has 1 aromatic rings. The first-order valence-corrected chi connectivity index (χ1v) is 5.94. The number of aryl methyl sites for hydroxylation is 1. The summed E-state index contributed by atoms with van der Waals surface area (Å²) in [4.78, 5) is 16.0. The van der Waals surface area contributed by atoms with Crippen molar-refractivity contribution in [2.24, 2.45) is 13.0 Å². The molecule has 1 aliphatic rings. The lowest BCUT2D eigenvalue weighted by Gasteiger charge is -2.21. The Labute approximate surface area is 96.1 Å². The molecule has 16 heavy (non-hydrogen) atoms. The van der Waals surface area contributed by atoms with Crippen LogP contribution in [0, 0.1) is 5.92 Å². The van der Waals surface area contributed by atoms with Gasteiger partial charge in [0.25, 0.3) is 0 Å². The van der Waals surface area contributed by atoms with Gasteiger partial charge in [0, 0.05) is 25.9 Å². The number of nitrogens with zero attached hydrogens (tertiary/aromatic N) is 2. The van der Waals surface area contributed by atoms with Gasteiger partial charge in [-0.15, -0.1) is 0 Å². The summed E-state index contributed by atoms with van der Waals surface area (Å²) in [5, 5.41) is 3.34. The Morgan fingerprint density at radius 1 is 1.69 bits per heavy atom. The first-order chi connectivity index (χ1) is 7.75. The lowest BCUT2D eigenvalue weighted by molar-refractivity contribution is -0.119. The Balaban J connectivity index is 1.82. The lowest BCUT2D eigenvalue weighted by atomic mass is 9.93. The summed E-state index contributed by atoms with van der Waals surface area (Å²) in [7, 11) is 1.93. The first-order valence-electron chi connectivity index (χ1n) is 5.94. The van der Waals surface area contributed by atoms with Crippen molar-refractivity contribution in [2.45, 2.75) is 25.7 Å². The van der Waals surface area contributed by atoms with Crippen LogP contribution >= 0.6 is 0 Å². The molecule has 1 atom stereocenters. The standard InChI is InChI=1S/C12H19N3O/c1-15-6-5-14-12(15)8-11(16)7-10-3-2-4-13-9-10/h5-6,10,13H,2-4,7-9H2,1H3. The molecule has 0 saturated carbocycles. The highest BCUT2D eigenvalue weighted by atomic mass is 16.1. The average molecular weight is 221 g/mol. The van der Waals surface area contributed by atoms with E-state index in [4.69, 9.17) is 0 Å². The summed E-state index contributed by atoms with van der Waals surface area (Å²) in [6.45, 7) is 2.09. The van der Waals surface area contributed by atoms with Crippen LogP contribution in [0.1, 0.15) is 25.1 Å². The largest absolute Gasteiger partial charge is 0.338 e. The number of carbonyl (C=O) groups is 1. The molecule has 0 aliphatic carbocycles. The summed E-state index contributed by atoms with van der Waals surface area (Å²) < 4.78 is 1.91. The first kappa shape index (κ1) is 11.3. The van der Waals surface area contributed by atoms with Crippen molar-refractivity contribution >= 4 is 5.78 Å². The Morgan fingerprint density at radius 3 is 3.19 bits per heavy atom. The molecule has 88 valence electrons. The average Bonchev–Trinajstić information content (AvgIpc) is 2.66. The zero-order valence-corrected chi connectivity index (χ0v) is 9.78. The van der Waals surface area contributed by atoms with Crippen LogP contribution in [0.25, 0.3) is 0 Å². The summed E-state index contributed by atoms with van der Waals surface area (Å²) >= 11 is 0. The van der Waals surface area contributed by atoms with Crippen molar-refractivity contribution in [3.63, 3.8) is 0 Å². The Hall–Kier alpha value is -1.16. The van der Waals surface area contributed by atoms with Gasteiger partial charge in [0.15, 0.2) is 0 Å². The fourth-order valence-corrected chi connectivity index (χ4v) is 2.24. The van der Waals surface area contributed by atoms with Gasteiger partial charge in [-0.2, -0.15) is 0 Å². The fourth-order valence-electron chi connectivity index (χ4n) is 2.24. The second-order valence-electron chi connectivity index (χ2n) is 4.59. The van der Waals surface area contributed by atoms with Crippen molar-refractivity contribution in [3.8, 4) is 0 Å². The van der Waals surface area contributed by atoms with E-state index in [1.165, 1.54) is 12.8 Å². The molecular weight excluding hydrogens is 202 g/mol. The van der Waals surface area contributed by atoms with E-state index in [1.807, 2.05) is 17.8 Å². The van der Waals surface area contributed by atoms with Gasteiger partial charge in [-0.05, 0) is 31.8 Å². The van der Waals surface area contributed by atoms with Gasteiger partial charge >= 0.3 is 0 Å². The van der Waals surface area contributed by atoms with E-state index in [0.717, 1.165) is 18.9 Å². The van der Waals surface area contributed by atoms with E-state index >= 15 is 0 Å². The third kappa shape index (κ3) is 2.92. The molecule has 2 heterocycles. The van der Waals surface area contributed by atoms with Gasteiger partial charge in [0.2, 0.25) is 0 Å². The zero-order chi connectivity index (χ0) is 11.4. The number of aromatic nitrogens is 2. The Kier molecular flexibility index (Phi) is 3.72. The highest BCUT2D eigenvalue weighted by molar-refractivity contribution is 5.80. The van der Waals surface area contributed by atoms with Crippen LogP contribution in [0.15, 0.2) is 12.4 Å². The predicted octanol–water partition coefficient (Wildman–Crippen LogP) is 0.921. The predicted molar refractivity (Wildman–Crippen MR) is 62.1 cm³/mol. The SMILES string of the molecule is Cn1ccnc1CC(=O)CC1CCCNC1. The normalized spacial score (nSPS) is 20.9. The van der Waals surface area contributed by atoms with Gasteiger partial charge in [-0.1, -0.05) is 0 Å². The van der Waals surface area contributed by atoms with Gasteiger partial charge < -0.3 is 9.88 Å². The molecule has 1 N–H and O–H groups in total. The third-order valence-corrected chi connectivity index (χ3v) is 3.19. The molecule has 0 aromatic carbocycles. The molecule has 1 aromatic heterocycles. The maximum atomic E-state index is 11.8. The molecule has 2 rings (SSSR count). The maximum Gasteiger partial charge on any atom is 0.140 e. The summed E-state index contributed by atoms with van der Waals surface area (Å²) in [5.41, 5.74) is 0. The highest BCUT2D eigenvalue weighted by Gasteiger charge is 2.17. The number of Topliss-reactive ketones (excluding diaryl/α,β-unsaturated/α-hetero) is 1. The summed E-state index contributed by atoms with van der Waals surface area (Å²) in [6, 6.07) is 0. The summed E-state index contributed by atoms with van der Waals surface area (Å²) in [6.07, 6.45) is 7.16. The van der Waals surface area contributed by atoms with Gasteiger partial charge in [0.05, 0.1) is 6.42 Å². The number of hydrogen-bond acceptors (Lipinski definition) is 3. The van der Waals surface area contributed by atoms with Crippen molar-refractivity contribution < 1.29 is 4.79 Å². The van der Waals surface area contributed by atoms with Crippen molar-refractivity contribution in [2.75, 3.05) is 13.1 Å². The van der Waals surface area contributed by atoms with Crippen molar-refractivity contribution in [1.82, 2.24) is 14.9 Å². The molecule has 1 fully saturated rings. The number of rotatable bonds is 4. The van der Waals surface area contributed by atoms with Gasteiger partial charge in [-0.25, -0.2) is 4.98 Å². The summed E-state index contributed by atoms with van der Waals surface area (Å²) in [5.74, 6) is 1.71. The topological polar surface area (TPSA) is 46.9 Å². The molecule has 0 radical (unpaired) electrons. The van der Waals surface area contributed by atoms with Gasteiger partial charge in [-0.3, -0.25) is 4.79 Å². The van der Waals surface area contributed by atoms with Crippen LogP contribution in [0.4, 0.5) is 0 Å². The Bertz CT molecular complexity index is 353. The maximum absolute atomic E-state index is 11.8. The van der Waals surface area contributed by atoms with Crippen LogP contribution in [-0.2, 0) is 18.3 Å². The van der Waals surface area contributed by atoms with Crippen LogP contribution in [0.2, 0.25) is 0 Å². The highest BCUT2D eigenvalue weighted by Crippen LogP contribution is 2.15. The van der Waals surface area contributed by atoms with E-state index in [1.54, 1.807) is 6.20 Å². The molecule has 1 unspecified atom stereocenters. The zero-order valence-electron chi connectivity index (χ0n) is 9.78. The van der Waals surface area contributed by atoms with Crippen molar-refractivity contribution in [1.29, 1.82) is 0 Å². The number of ketones is 1. The number of piperidine rings is 1. The number of hydrogen-bond donors (Lipinski definition) is 1. The quantitative estimate of drug-likeness (QED) is 0.822. The lowest BCUT2D eigenvalue weighted by Crippen LogP contribution is -2.31. The molecule has 0 bridgehead atoms. The third-order valence-electron chi connectivity index (χ3n) is 3.19. The van der Waals surface area contributed by atoms with E-state index in [2.05, 4.69) is 10.3 Å². The van der Waals surface area contributed by atoms with E-state index in [-0.39, 0.29) is 0 Å². The molecule has 1 aliphatic heterocycles. The van der Waals surface area contributed by atoms with Crippen molar-refractivity contribution in [3.05, 3.63) is 18.2 Å². The molecule has 4 heteroatoms. The van der Waals surface area contributed by atoms with Crippen LogP contribution in [0.5, 0.6) is 0 Å². The van der Waals surface area contributed by atoms with Crippen LogP contribution < -0.4 is 5.32 Å². The fraction of sp³-hybridized carbons (Fsp3) is 0.667. The number of nitrogens with one attached hydrogen (secondary N) is 1. The second-order valence-corrected chi connectivity index (χ2v) is 4.59. The molecule has 0 spiro atoms. The molecule has 0 amide bonds. The number of imidazole rings is 1. The molecule has 4 nitrogen and oxygen atoms in total. The second kappa shape index (κ2) is 5.25. The van der Waals surface area contributed by atoms with E-state index in [0.29, 0.717) is 24.5 Å². The number of carbonyl (C=O) groups excluding carboxylic acids is 1. The minimum absolute atomic E-state index is 0.308. The van der Waals surface area contributed by atoms with Crippen LogP contribution in [-0.4, -0.2) is 28.4 Å². The smallest absolute Gasteiger partial charge is 0.140 e.